The Morgan fingerprint density at radius 2 is 1.74 bits per heavy atom. The first-order valence-electron chi connectivity index (χ1n) is 8.96. The lowest BCUT2D eigenvalue weighted by Crippen LogP contribution is -2.35. The van der Waals surface area contributed by atoms with E-state index < -0.39 is 23.6 Å². The molecule has 0 fully saturated rings. The fourth-order valence-electron chi connectivity index (χ4n) is 2.16. The predicted octanol–water partition coefficient (Wildman–Crippen LogP) is 2.40. The molecular weight excluding hydrogens is 354 g/mol. The quantitative estimate of drug-likeness (QED) is 0.542. The molecule has 0 radical (unpaired) electrons. The molecule has 1 atom stereocenters. The number of carbonyl (C=O) groups excluding carboxylic acids is 3. The summed E-state index contributed by atoms with van der Waals surface area (Å²) in [5.41, 5.74) is -0.391. The Hall–Kier alpha value is -2.58. The van der Waals surface area contributed by atoms with E-state index in [-0.39, 0.29) is 30.5 Å². The second-order valence-corrected chi connectivity index (χ2v) is 7.03. The van der Waals surface area contributed by atoms with Gasteiger partial charge in [0, 0.05) is 19.2 Å². The maximum absolute atomic E-state index is 12.1. The number of nitrogens with one attached hydrogen (secondary N) is 1. The number of ether oxygens (including phenoxy) is 3. The molecule has 0 aliphatic rings. The van der Waals surface area contributed by atoms with Gasteiger partial charge in [-0.05, 0) is 40.5 Å². The molecule has 0 saturated heterocycles. The normalized spacial score (nSPS) is 12.2. The number of alkyl carbamates (subject to hydrolysis) is 1. The maximum atomic E-state index is 12.1. The van der Waals surface area contributed by atoms with Crippen LogP contribution in [0.4, 0.5) is 4.79 Å². The van der Waals surface area contributed by atoms with Crippen LogP contribution in [-0.4, -0.2) is 53.2 Å². The number of hydrogen-bond donors (Lipinski definition) is 1. The van der Waals surface area contributed by atoms with E-state index in [1.165, 1.54) is 10.7 Å². The van der Waals surface area contributed by atoms with Crippen LogP contribution in [0.2, 0.25) is 0 Å². The molecule has 9 nitrogen and oxygen atoms in total. The van der Waals surface area contributed by atoms with Crippen LogP contribution in [0.5, 0.6) is 0 Å². The first-order chi connectivity index (χ1) is 12.6. The van der Waals surface area contributed by atoms with E-state index in [4.69, 9.17) is 14.2 Å². The molecule has 9 heteroatoms. The summed E-state index contributed by atoms with van der Waals surface area (Å²) in [7, 11) is 0. The number of esters is 2. The average molecular weight is 383 g/mol. The Morgan fingerprint density at radius 1 is 1.15 bits per heavy atom. The highest BCUT2D eigenvalue weighted by Gasteiger charge is 2.22. The Morgan fingerprint density at radius 3 is 2.30 bits per heavy atom. The number of carbonyl (C=O) groups is 3. The van der Waals surface area contributed by atoms with Crippen LogP contribution in [0, 0.1) is 5.92 Å². The van der Waals surface area contributed by atoms with Crippen molar-refractivity contribution in [3.8, 4) is 0 Å². The lowest BCUT2D eigenvalue weighted by molar-refractivity contribution is 0.0495. The van der Waals surface area contributed by atoms with E-state index in [2.05, 4.69) is 10.4 Å². The molecule has 0 spiro atoms. The highest BCUT2D eigenvalue weighted by Crippen LogP contribution is 2.12. The molecular formula is C18H29N3O6. The third-order valence-electron chi connectivity index (χ3n) is 3.23. The average Bonchev–Trinajstić information content (AvgIpc) is 2.96. The fourth-order valence-corrected chi connectivity index (χ4v) is 2.16. The van der Waals surface area contributed by atoms with Crippen molar-refractivity contribution in [2.45, 2.75) is 53.7 Å². The van der Waals surface area contributed by atoms with Gasteiger partial charge < -0.3 is 19.5 Å². The van der Waals surface area contributed by atoms with E-state index in [9.17, 15) is 14.4 Å². The van der Waals surface area contributed by atoms with Crippen molar-refractivity contribution in [2.24, 2.45) is 5.92 Å². The second kappa shape index (κ2) is 9.94. The largest absolute Gasteiger partial charge is 0.461 e. The van der Waals surface area contributed by atoms with Gasteiger partial charge in [0.25, 0.3) is 0 Å². The number of rotatable bonds is 8. The third kappa shape index (κ3) is 7.67. The van der Waals surface area contributed by atoms with Crippen molar-refractivity contribution < 1.29 is 28.6 Å². The molecule has 27 heavy (non-hydrogen) atoms. The number of nitrogens with zero attached hydrogens (tertiary/aromatic N) is 2. The van der Waals surface area contributed by atoms with Crippen molar-refractivity contribution in [2.75, 3.05) is 19.8 Å². The van der Waals surface area contributed by atoms with E-state index in [1.807, 2.05) is 6.92 Å². The molecule has 0 bridgehead atoms. The van der Waals surface area contributed by atoms with Gasteiger partial charge in [-0.25, -0.2) is 14.4 Å². The van der Waals surface area contributed by atoms with Gasteiger partial charge in [0.2, 0.25) is 0 Å². The van der Waals surface area contributed by atoms with Gasteiger partial charge in [-0.3, -0.25) is 4.68 Å². The summed E-state index contributed by atoms with van der Waals surface area (Å²) in [4.78, 5) is 35.8. The molecule has 1 N–H and O–H groups in total. The molecule has 0 aliphatic carbocycles. The number of amides is 1. The smallest absolute Gasteiger partial charge is 0.407 e. The first-order valence-corrected chi connectivity index (χ1v) is 8.96. The van der Waals surface area contributed by atoms with E-state index in [0.29, 0.717) is 13.1 Å². The summed E-state index contributed by atoms with van der Waals surface area (Å²) in [6, 6.07) is 1.35. The van der Waals surface area contributed by atoms with Crippen LogP contribution in [0.1, 0.15) is 62.5 Å². The van der Waals surface area contributed by atoms with Gasteiger partial charge in [0.15, 0.2) is 5.69 Å². The molecule has 1 amide bonds. The highest BCUT2D eigenvalue weighted by molar-refractivity contribution is 5.93. The van der Waals surface area contributed by atoms with Crippen LogP contribution in [0.3, 0.4) is 0 Å². The van der Waals surface area contributed by atoms with Gasteiger partial charge in [0.1, 0.15) is 11.3 Å². The van der Waals surface area contributed by atoms with Crippen molar-refractivity contribution in [3.05, 3.63) is 17.5 Å². The van der Waals surface area contributed by atoms with Crippen LogP contribution in [0.25, 0.3) is 0 Å². The third-order valence-corrected chi connectivity index (χ3v) is 3.23. The predicted molar refractivity (Wildman–Crippen MR) is 97.5 cm³/mol. The molecule has 0 aromatic carbocycles. The van der Waals surface area contributed by atoms with Crippen LogP contribution >= 0.6 is 0 Å². The van der Waals surface area contributed by atoms with Crippen molar-refractivity contribution >= 4 is 18.0 Å². The standard InChI is InChI=1S/C18H29N3O6/c1-7-25-15(22)13-9-14(16(23)26-8-2)21(20-13)11-12(3)10-19-17(24)27-18(4,5)6/h9,12H,7-8,10-11H2,1-6H3,(H,19,24). The molecule has 1 aromatic heterocycles. The van der Waals surface area contributed by atoms with Gasteiger partial charge in [-0.1, -0.05) is 6.92 Å². The van der Waals surface area contributed by atoms with Crippen LogP contribution in [0.15, 0.2) is 6.07 Å². The van der Waals surface area contributed by atoms with E-state index in [0.717, 1.165) is 0 Å². The Balaban J connectivity index is 2.82. The first kappa shape index (κ1) is 22.5. The molecule has 1 unspecified atom stereocenters. The van der Waals surface area contributed by atoms with Gasteiger partial charge in [0.05, 0.1) is 13.2 Å². The van der Waals surface area contributed by atoms with Crippen LogP contribution in [-0.2, 0) is 20.8 Å². The topological polar surface area (TPSA) is 109 Å². The monoisotopic (exact) mass is 383 g/mol. The van der Waals surface area contributed by atoms with E-state index in [1.54, 1.807) is 34.6 Å². The molecule has 0 aliphatic heterocycles. The minimum absolute atomic E-state index is 0.0344. The molecule has 1 aromatic rings. The zero-order valence-corrected chi connectivity index (χ0v) is 16.8. The Bertz CT molecular complexity index is 663. The van der Waals surface area contributed by atoms with Gasteiger partial charge >= 0.3 is 18.0 Å². The second-order valence-electron chi connectivity index (χ2n) is 7.03. The lowest BCUT2D eigenvalue weighted by atomic mass is 10.2. The minimum Gasteiger partial charge on any atom is -0.461 e. The number of hydrogen-bond acceptors (Lipinski definition) is 7. The van der Waals surface area contributed by atoms with Gasteiger partial charge in [-0.15, -0.1) is 0 Å². The zero-order chi connectivity index (χ0) is 20.6. The molecule has 1 heterocycles. The highest BCUT2D eigenvalue weighted by atomic mass is 16.6. The van der Waals surface area contributed by atoms with E-state index >= 15 is 0 Å². The summed E-state index contributed by atoms with van der Waals surface area (Å²) in [6.45, 7) is 11.6. The molecule has 152 valence electrons. The summed E-state index contributed by atoms with van der Waals surface area (Å²) < 4.78 is 16.5. The lowest BCUT2D eigenvalue weighted by Gasteiger charge is -2.21. The molecule has 0 saturated carbocycles. The maximum Gasteiger partial charge on any atom is 0.407 e. The SMILES string of the molecule is CCOC(=O)c1cc(C(=O)OCC)n(CC(C)CNC(=O)OC(C)(C)C)n1. The van der Waals surface area contributed by atoms with Crippen molar-refractivity contribution in [1.29, 1.82) is 0 Å². The van der Waals surface area contributed by atoms with Crippen LogP contribution < -0.4 is 5.32 Å². The summed E-state index contributed by atoms with van der Waals surface area (Å²) in [5.74, 6) is -1.27. The zero-order valence-electron chi connectivity index (χ0n) is 16.8. The Labute approximate surface area is 159 Å². The summed E-state index contributed by atoms with van der Waals surface area (Å²) >= 11 is 0. The Kier molecular flexibility index (Phi) is 8.27. The molecule has 1 rings (SSSR count). The minimum atomic E-state index is -0.610. The summed E-state index contributed by atoms with van der Waals surface area (Å²) in [5, 5.41) is 6.83. The summed E-state index contributed by atoms with van der Waals surface area (Å²) in [6.07, 6.45) is -0.521. The fraction of sp³-hybridized carbons (Fsp3) is 0.667. The van der Waals surface area contributed by atoms with Crippen molar-refractivity contribution in [1.82, 2.24) is 15.1 Å². The van der Waals surface area contributed by atoms with Gasteiger partial charge in [-0.2, -0.15) is 5.10 Å². The number of aromatic nitrogens is 2. The van der Waals surface area contributed by atoms with Crippen molar-refractivity contribution in [3.63, 3.8) is 0 Å².